The first-order chi connectivity index (χ1) is 10.4. The lowest BCUT2D eigenvalue weighted by Gasteiger charge is -2.39. The molecule has 1 atom stereocenters. The molecule has 1 heterocycles. The van der Waals surface area contributed by atoms with Gasteiger partial charge in [-0.15, -0.1) is 0 Å². The van der Waals surface area contributed by atoms with Gasteiger partial charge in [0, 0.05) is 51.2 Å². The molecule has 0 amide bonds. The SMILES string of the molecule is NCC(CN1CCN(C2CCCC2)CC1)c1ccccc1. The van der Waals surface area contributed by atoms with Crippen LogP contribution >= 0.6 is 0 Å². The summed E-state index contributed by atoms with van der Waals surface area (Å²) < 4.78 is 0. The topological polar surface area (TPSA) is 32.5 Å². The zero-order valence-corrected chi connectivity index (χ0v) is 13.1. The van der Waals surface area contributed by atoms with E-state index < -0.39 is 0 Å². The number of hydrogen-bond donors (Lipinski definition) is 1. The van der Waals surface area contributed by atoms with Crippen molar-refractivity contribution in [1.29, 1.82) is 0 Å². The third-order valence-corrected chi connectivity index (χ3v) is 5.28. The minimum atomic E-state index is 0.476. The summed E-state index contributed by atoms with van der Waals surface area (Å²) in [6, 6.07) is 11.6. The lowest BCUT2D eigenvalue weighted by atomic mass is 9.98. The fourth-order valence-electron chi connectivity index (χ4n) is 3.93. The van der Waals surface area contributed by atoms with Crippen LogP contribution in [-0.4, -0.2) is 55.1 Å². The van der Waals surface area contributed by atoms with Gasteiger partial charge in [-0.2, -0.15) is 0 Å². The Hall–Kier alpha value is -0.900. The Kier molecular flexibility index (Phi) is 5.28. The third-order valence-electron chi connectivity index (χ3n) is 5.28. The molecular formula is C18H29N3. The number of nitrogens with zero attached hydrogens (tertiary/aromatic N) is 2. The quantitative estimate of drug-likeness (QED) is 0.902. The average Bonchev–Trinajstić information content (AvgIpc) is 3.08. The van der Waals surface area contributed by atoms with Gasteiger partial charge in [-0.3, -0.25) is 4.90 Å². The van der Waals surface area contributed by atoms with Crippen LogP contribution in [0.5, 0.6) is 0 Å². The maximum absolute atomic E-state index is 6.01. The predicted octanol–water partition coefficient (Wildman–Crippen LogP) is 2.29. The molecule has 0 bridgehead atoms. The standard InChI is InChI=1S/C18H29N3/c19-14-17(16-6-2-1-3-7-16)15-20-10-12-21(13-11-20)18-8-4-5-9-18/h1-3,6-7,17-18H,4-5,8-15,19H2. The molecule has 0 radical (unpaired) electrons. The molecule has 2 N–H and O–H groups in total. The molecule has 0 aromatic heterocycles. The zero-order valence-electron chi connectivity index (χ0n) is 13.1. The fraction of sp³-hybridized carbons (Fsp3) is 0.667. The minimum absolute atomic E-state index is 0.476. The van der Waals surface area contributed by atoms with E-state index in [0.29, 0.717) is 5.92 Å². The van der Waals surface area contributed by atoms with Crippen molar-refractivity contribution in [3.05, 3.63) is 35.9 Å². The van der Waals surface area contributed by atoms with Gasteiger partial charge in [0.25, 0.3) is 0 Å². The van der Waals surface area contributed by atoms with Crippen LogP contribution in [0.1, 0.15) is 37.2 Å². The van der Waals surface area contributed by atoms with Crippen molar-refractivity contribution in [3.8, 4) is 0 Å². The molecule has 0 spiro atoms. The summed E-state index contributed by atoms with van der Waals surface area (Å²) in [5, 5.41) is 0. The Bertz CT molecular complexity index is 406. The molecule has 1 unspecified atom stereocenters. The van der Waals surface area contributed by atoms with Crippen LogP contribution in [0.15, 0.2) is 30.3 Å². The Morgan fingerprint density at radius 1 is 1.00 bits per heavy atom. The molecular weight excluding hydrogens is 258 g/mol. The van der Waals surface area contributed by atoms with Gasteiger partial charge in [0.2, 0.25) is 0 Å². The molecule has 3 heteroatoms. The summed E-state index contributed by atoms with van der Waals surface area (Å²) in [6.07, 6.45) is 5.73. The van der Waals surface area contributed by atoms with E-state index in [1.54, 1.807) is 0 Å². The molecule has 1 aliphatic carbocycles. The van der Waals surface area contributed by atoms with E-state index in [0.717, 1.165) is 19.1 Å². The average molecular weight is 287 g/mol. The Morgan fingerprint density at radius 3 is 2.29 bits per heavy atom. The zero-order chi connectivity index (χ0) is 14.5. The van der Waals surface area contributed by atoms with Crippen LogP contribution < -0.4 is 5.73 Å². The number of nitrogens with two attached hydrogens (primary N) is 1. The van der Waals surface area contributed by atoms with Gasteiger partial charge in [-0.25, -0.2) is 0 Å². The number of rotatable bonds is 5. The maximum Gasteiger partial charge on any atom is 0.0113 e. The van der Waals surface area contributed by atoms with Crippen molar-refractivity contribution in [3.63, 3.8) is 0 Å². The molecule has 1 saturated carbocycles. The summed E-state index contributed by atoms with van der Waals surface area (Å²) in [5.74, 6) is 0.476. The predicted molar refractivity (Wildman–Crippen MR) is 88.5 cm³/mol. The van der Waals surface area contributed by atoms with Crippen molar-refractivity contribution in [2.45, 2.75) is 37.6 Å². The van der Waals surface area contributed by atoms with Gasteiger partial charge in [-0.05, 0) is 18.4 Å². The Balaban J connectivity index is 1.50. The maximum atomic E-state index is 6.01. The largest absolute Gasteiger partial charge is 0.330 e. The number of piperazine rings is 1. The van der Waals surface area contributed by atoms with Crippen LogP contribution in [0, 0.1) is 0 Å². The van der Waals surface area contributed by atoms with E-state index in [-0.39, 0.29) is 0 Å². The minimum Gasteiger partial charge on any atom is -0.330 e. The molecule has 3 rings (SSSR count). The second-order valence-electron chi connectivity index (χ2n) is 6.62. The summed E-state index contributed by atoms with van der Waals surface area (Å²) in [6.45, 7) is 6.76. The fourth-order valence-corrected chi connectivity index (χ4v) is 3.93. The van der Waals surface area contributed by atoms with Gasteiger partial charge >= 0.3 is 0 Å². The van der Waals surface area contributed by atoms with Gasteiger partial charge in [0.15, 0.2) is 0 Å². The van der Waals surface area contributed by atoms with Gasteiger partial charge in [0.05, 0.1) is 0 Å². The lowest BCUT2D eigenvalue weighted by molar-refractivity contribution is 0.0943. The van der Waals surface area contributed by atoms with Crippen molar-refractivity contribution in [2.75, 3.05) is 39.3 Å². The van der Waals surface area contributed by atoms with Crippen molar-refractivity contribution >= 4 is 0 Å². The Morgan fingerprint density at radius 2 is 1.67 bits per heavy atom. The van der Waals surface area contributed by atoms with Crippen molar-refractivity contribution in [1.82, 2.24) is 9.80 Å². The van der Waals surface area contributed by atoms with Gasteiger partial charge in [0.1, 0.15) is 0 Å². The monoisotopic (exact) mass is 287 g/mol. The molecule has 1 saturated heterocycles. The molecule has 1 aliphatic heterocycles. The number of benzene rings is 1. The molecule has 1 aromatic carbocycles. The summed E-state index contributed by atoms with van der Waals surface area (Å²) in [5.41, 5.74) is 7.40. The van der Waals surface area contributed by atoms with E-state index in [1.165, 1.54) is 57.4 Å². The van der Waals surface area contributed by atoms with Crippen LogP contribution in [0.25, 0.3) is 0 Å². The molecule has 2 aliphatic rings. The van der Waals surface area contributed by atoms with Gasteiger partial charge in [-0.1, -0.05) is 43.2 Å². The van der Waals surface area contributed by atoms with E-state index in [4.69, 9.17) is 5.73 Å². The highest BCUT2D eigenvalue weighted by Crippen LogP contribution is 2.25. The molecule has 3 nitrogen and oxygen atoms in total. The highest BCUT2D eigenvalue weighted by molar-refractivity contribution is 5.20. The lowest BCUT2D eigenvalue weighted by Crippen LogP contribution is -2.50. The van der Waals surface area contributed by atoms with Crippen molar-refractivity contribution in [2.24, 2.45) is 5.73 Å². The smallest absolute Gasteiger partial charge is 0.0113 e. The van der Waals surface area contributed by atoms with E-state index in [2.05, 4.69) is 40.1 Å². The summed E-state index contributed by atoms with van der Waals surface area (Å²) in [4.78, 5) is 5.33. The summed E-state index contributed by atoms with van der Waals surface area (Å²) in [7, 11) is 0. The highest BCUT2D eigenvalue weighted by atomic mass is 15.3. The van der Waals surface area contributed by atoms with Gasteiger partial charge < -0.3 is 10.6 Å². The van der Waals surface area contributed by atoms with E-state index >= 15 is 0 Å². The van der Waals surface area contributed by atoms with Crippen LogP contribution in [0.4, 0.5) is 0 Å². The van der Waals surface area contributed by atoms with Crippen LogP contribution in [0.3, 0.4) is 0 Å². The van der Waals surface area contributed by atoms with E-state index in [9.17, 15) is 0 Å². The van der Waals surface area contributed by atoms with Crippen LogP contribution in [0.2, 0.25) is 0 Å². The second kappa shape index (κ2) is 7.39. The molecule has 1 aromatic rings. The molecule has 116 valence electrons. The highest BCUT2D eigenvalue weighted by Gasteiger charge is 2.26. The summed E-state index contributed by atoms with van der Waals surface area (Å²) >= 11 is 0. The molecule has 2 fully saturated rings. The molecule has 21 heavy (non-hydrogen) atoms. The first-order valence-corrected chi connectivity index (χ1v) is 8.58. The van der Waals surface area contributed by atoms with Crippen LogP contribution in [-0.2, 0) is 0 Å². The second-order valence-corrected chi connectivity index (χ2v) is 6.62. The van der Waals surface area contributed by atoms with E-state index in [1.807, 2.05) is 0 Å². The first-order valence-electron chi connectivity index (χ1n) is 8.58. The number of hydrogen-bond acceptors (Lipinski definition) is 3. The normalized spacial score (nSPS) is 23.5. The Labute approximate surface area is 129 Å². The third kappa shape index (κ3) is 3.85. The van der Waals surface area contributed by atoms with Crippen molar-refractivity contribution < 1.29 is 0 Å². The first kappa shape index (κ1) is 15.0.